The molecule has 5 rings (SSSR count). The Morgan fingerprint density at radius 1 is 0.857 bits per heavy atom. The lowest BCUT2D eigenvalue weighted by atomic mass is 9.94. The second kappa shape index (κ2) is 6.35. The van der Waals surface area contributed by atoms with Crippen LogP contribution in [0.3, 0.4) is 0 Å². The second-order valence-corrected chi connectivity index (χ2v) is 6.97. The van der Waals surface area contributed by atoms with Crippen molar-refractivity contribution >= 4 is 23.2 Å². The third-order valence-corrected chi connectivity index (χ3v) is 5.32. The molecular weight excluding hydrogens is 356 g/mol. The molecule has 0 bridgehead atoms. The first-order valence-electron chi connectivity index (χ1n) is 9.15. The molecule has 28 heavy (non-hydrogen) atoms. The van der Waals surface area contributed by atoms with Gasteiger partial charge in [0.05, 0.1) is 17.6 Å². The number of fused-ring (bicyclic) bond motifs is 1. The van der Waals surface area contributed by atoms with Crippen LogP contribution in [0.1, 0.15) is 17.4 Å². The predicted octanol–water partition coefficient (Wildman–Crippen LogP) is 3.64. The van der Waals surface area contributed by atoms with Crippen LogP contribution in [0, 0.1) is 12.8 Å². The maximum atomic E-state index is 13.3. The molecule has 2 fully saturated rings. The van der Waals surface area contributed by atoms with E-state index in [9.17, 15) is 9.59 Å². The van der Waals surface area contributed by atoms with E-state index < -0.39 is 18.1 Å². The number of aryl methyl sites for hydroxylation is 1. The summed E-state index contributed by atoms with van der Waals surface area (Å²) in [5.74, 6) is -0.724. The molecule has 2 aromatic carbocycles. The number of imide groups is 1. The highest BCUT2D eigenvalue weighted by molar-refractivity contribution is 6.23. The Labute approximate surface area is 161 Å². The SMILES string of the molecule is Cc1ccccc1N1O[C@@H]2C(=O)N(c3ccccc3)C(=O)[C@@H]2[C@H]1c1ccco1. The number of carbonyl (C=O) groups is 2. The van der Waals surface area contributed by atoms with Gasteiger partial charge in [0.1, 0.15) is 17.7 Å². The molecule has 2 aliphatic heterocycles. The summed E-state index contributed by atoms with van der Waals surface area (Å²) >= 11 is 0. The maximum absolute atomic E-state index is 13.3. The number of para-hydroxylation sites is 2. The van der Waals surface area contributed by atoms with Crippen molar-refractivity contribution in [1.82, 2.24) is 0 Å². The average Bonchev–Trinajstić information content (AvgIpc) is 3.41. The van der Waals surface area contributed by atoms with Crippen molar-refractivity contribution < 1.29 is 18.8 Å². The fraction of sp³-hybridized carbons (Fsp3) is 0.182. The molecule has 3 atom stereocenters. The molecule has 0 saturated carbocycles. The van der Waals surface area contributed by atoms with E-state index in [2.05, 4.69) is 0 Å². The summed E-state index contributed by atoms with van der Waals surface area (Å²) in [6, 6.07) is 19.7. The highest BCUT2D eigenvalue weighted by Crippen LogP contribution is 2.48. The number of furan rings is 1. The minimum absolute atomic E-state index is 0.279. The summed E-state index contributed by atoms with van der Waals surface area (Å²) < 4.78 is 5.64. The predicted molar refractivity (Wildman–Crippen MR) is 102 cm³/mol. The van der Waals surface area contributed by atoms with E-state index >= 15 is 0 Å². The Bertz CT molecular complexity index is 1030. The van der Waals surface area contributed by atoms with Crippen LogP contribution < -0.4 is 9.96 Å². The van der Waals surface area contributed by atoms with Gasteiger partial charge in [0.25, 0.3) is 5.91 Å². The molecule has 0 radical (unpaired) electrons. The van der Waals surface area contributed by atoms with Crippen LogP contribution in [0.2, 0.25) is 0 Å². The van der Waals surface area contributed by atoms with Gasteiger partial charge >= 0.3 is 0 Å². The van der Waals surface area contributed by atoms with E-state index in [1.807, 2.05) is 43.3 Å². The fourth-order valence-corrected chi connectivity index (χ4v) is 4.01. The van der Waals surface area contributed by atoms with Crippen LogP contribution in [-0.4, -0.2) is 17.9 Å². The van der Waals surface area contributed by atoms with Crippen molar-refractivity contribution in [3.05, 3.63) is 84.3 Å². The highest BCUT2D eigenvalue weighted by atomic mass is 16.7. The first kappa shape index (κ1) is 16.8. The number of benzene rings is 2. The third kappa shape index (κ3) is 2.38. The second-order valence-electron chi connectivity index (χ2n) is 6.97. The van der Waals surface area contributed by atoms with Crippen LogP contribution in [0.25, 0.3) is 0 Å². The lowest BCUT2D eigenvalue weighted by Crippen LogP contribution is -2.37. The zero-order valence-corrected chi connectivity index (χ0v) is 15.2. The van der Waals surface area contributed by atoms with Crippen molar-refractivity contribution in [1.29, 1.82) is 0 Å². The fourth-order valence-electron chi connectivity index (χ4n) is 4.01. The largest absolute Gasteiger partial charge is 0.467 e. The summed E-state index contributed by atoms with van der Waals surface area (Å²) in [6.07, 6.45) is 0.678. The quantitative estimate of drug-likeness (QED) is 0.655. The van der Waals surface area contributed by atoms with Crippen LogP contribution in [0.5, 0.6) is 0 Å². The van der Waals surface area contributed by atoms with Gasteiger partial charge in [0.2, 0.25) is 5.91 Å². The topological polar surface area (TPSA) is 63.0 Å². The van der Waals surface area contributed by atoms with Gasteiger partial charge in [0, 0.05) is 0 Å². The van der Waals surface area contributed by atoms with Crippen molar-refractivity contribution in [2.75, 3.05) is 9.96 Å². The normalized spacial score (nSPS) is 24.1. The first-order chi connectivity index (χ1) is 13.7. The monoisotopic (exact) mass is 374 g/mol. The molecule has 6 nitrogen and oxygen atoms in total. The van der Waals surface area contributed by atoms with Gasteiger partial charge in [-0.2, -0.15) is 0 Å². The number of anilines is 2. The molecule has 0 aliphatic carbocycles. The molecule has 0 N–H and O–H groups in total. The summed E-state index contributed by atoms with van der Waals surface area (Å²) in [5.41, 5.74) is 2.35. The van der Waals surface area contributed by atoms with Crippen LogP contribution in [-0.2, 0) is 14.4 Å². The Kier molecular flexibility index (Phi) is 3.80. The summed E-state index contributed by atoms with van der Waals surface area (Å²) in [7, 11) is 0. The van der Waals surface area contributed by atoms with E-state index in [0.717, 1.165) is 11.3 Å². The van der Waals surface area contributed by atoms with Crippen molar-refractivity contribution in [2.45, 2.75) is 19.1 Å². The molecule has 6 heteroatoms. The molecule has 0 unspecified atom stereocenters. The molecule has 3 heterocycles. The minimum Gasteiger partial charge on any atom is -0.467 e. The first-order valence-corrected chi connectivity index (χ1v) is 9.15. The lowest BCUT2D eigenvalue weighted by Gasteiger charge is -2.28. The van der Waals surface area contributed by atoms with Crippen LogP contribution in [0.4, 0.5) is 11.4 Å². The van der Waals surface area contributed by atoms with Gasteiger partial charge in [-0.1, -0.05) is 36.4 Å². The Morgan fingerprint density at radius 2 is 1.61 bits per heavy atom. The molecule has 2 saturated heterocycles. The zero-order chi connectivity index (χ0) is 19.3. The Balaban J connectivity index is 1.59. The van der Waals surface area contributed by atoms with Crippen molar-refractivity contribution in [3.63, 3.8) is 0 Å². The van der Waals surface area contributed by atoms with E-state index in [0.29, 0.717) is 11.4 Å². The minimum atomic E-state index is -0.887. The lowest BCUT2D eigenvalue weighted by molar-refractivity contribution is -0.126. The summed E-state index contributed by atoms with van der Waals surface area (Å²) in [5, 5.41) is 1.65. The number of hydroxylamine groups is 1. The zero-order valence-electron chi connectivity index (χ0n) is 15.2. The van der Waals surface area contributed by atoms with Gasteiger partial charge in [-0.05, 0) is 42.8 Å². The number of carbonyl (C=O) groups excluding carboxylic acids is 2. The van der Waals surface area contributed by atoms with E-state index in [-0.39, 0.29) is 11.8 Å². The number of nitrogens with zero attached hydrogens (tertiary/aromatic N) is 2. The molecule has 1 aromatic heterocycles. The summed E-state index contributed by atoms with van der Waals surface area (Å²) in [6.45, 7) is 1.96. The third-order valence-electron chi connectivity index (χ3n) is 5.32. The van der Waals surface area contributed by atoms with Crippen molar-refractivity contribution in [3.8, 4) is 0 Å². The van der Waals surface area contributed by atoms with Gasteiger partial charge < -0.3 is 4.42 Å². The molecule has 2 amide bonds. The van der Waals surface area contributed by atoms with Crippen LogP contribution in [0.15, 0.2) is 77.4 Å². The number of hydrogen-bond donors (Lipinski definition) is 0. The maximum Gasteiger partial charge on any atom is 0.266 e. The van der Waals surface area contributed by atoms with Gasteiger partial charge in [-0.15, -0.1) is 0 Å². The number of hydrogen-bond acceptors (Lipinski definition) is 5. The molecule has 0 spiro atoms. The number of rotatable bonds is 3. The smallest absolute Gasteiger partial charge is 0.266 e. The Morgan fingerprint density at radius 3 is 2.32 bits per heavy atom. The molecule has 3 aromatic rings. The van der Waals surface area contributed by atoms with Gasteiger partial charge in [-0.3, -0.25) is 14.4 Å². The van der Waals surface area contributed by atoms with Gasteiger partial charge in [-0.25, -0.2) is 9.96 Å². The van der Waals surface area contributed by atoms with E-state index in [1.165, 1.54) is 4.90 Å². The van der Waals surface area contributed by atoms with Crippen LogP contribution >= 0.6 is 0 Å². The molecule has 140 valence electrons. The van der Waals surface area contributed by atoms with E-state index in [4.69, 9.17) is 9.25 Å². The van der Waals surface area contributed by atoms with E-state index in [1.54, 1.807) is 41.7 Å². The molecule has 2 aliphatic rings. The standard InChI is InChI=1S/C22H18N2O4/c1-14-8-5-6-11-16(14)24-19(17-12-7-13-27-17)18-20(28-24)22(26)23(21(18)25)15-9-3-2-4-10-15/h2-13,18-20H,1H3/t18-,19-,20+/m1/s1. The Hall–Kier alpha value is -3.38. The average molecular weight is 374 g/mol. The highest BCUT2D eigenvalue weighted by Gasteiger charge is 2.61. The molecular formula is C22H18N2O4. The van der Waals surface area contributed by atoms with Gasteiger partial charge in [0.15, 0.2) is 6.10 Å². The summed E-state index contributed by atoms with van der Waals surface area (Å²) in [4.78, 5) is 33.7. The van der Waals surface area contributed by atoms with Crippen molar-refractivity contribution in [2.24, 2.45) is 5.92 Å². The number of amides is 2.